The van der Waals surface area contributed by atoms with E-state index in [9.17, 15) is 14.4 Å². The minimum atomic E-state index is -0.474. The maximum Gasteiger partial charge on any atom is 0.330 e. The molecule has 170 valence electrons. The van der Waals surface area contributed by atoms with Crippen LogP contribution >= 0.6 is 0 Å². The molecule has 0 aromatic heterocycles. The van der Waals surface area contributed by atoms with Crippen molar-refractivity contribution in [2.75, 3.05) is 32.7 Å². The Balaban J connectivity index is 1.88. The summed E-state index contributed by atoms with van der Waals surface area (Å²) in [6.45, 7) is 5.37. The number of benzene rings is 2. The zero-order valence-corrected chi connectivity index (χ0v) is 18.9. The normalized spacial score (nSPS) is 10.5. The van der Waals surface area contributed by atoms with Gasteiger partial charge in [-0.2, -0.15) is 0 Å². The summed E-state index contributed by atoms with van der Waals surface area (Å²) in [5.74, 6) is -0.499. The third-order valence-electron chi connectivity index (χ3n) is 4.55. The van der Waals surface area contributed by atoms with Crippen molar-refractivity contribution in [2.24, 2.45) is 0 Å². The number of ether oxygens (including phenoxy) is 3. The van der Waals surface area contributed by atoms with E-state index in [-0.39, 0.29) is 19.1 Å². The standard InChI is InChI=1S/C24H28N2O6/c1-15-10-16(2)24(17(3)11-15)26-21(27)13-25-22(28)14-32-19-8-6-18(12-20(19)30-4)7-9-23(29)31-5/h6-12H,13-14H2,1-5H3,(H,25,28)(H,26,27)/b9-7+. The first-order chi connectivity index (χ1) is 15.2. The lowest BCUT2D eigenvalue weighted by atomic mass is 10.1. The van der Waals surface area contributed by atoms with Gasteiger partial charge in [-0.15, -0.1) is 0 Å². The molecule has 0 aliphatic rings. The maximum atomic E-state index is 12.2. The highest BCUT2D eigenvalue weighted by Gasteiger charge is 2.12. The van der Waals surface area contributed by atoms with Crippen molar-refractivity contribution in [1.82, 2.24) is 5.32 Å². The van der Waals surface area contributed by atoms with Crippen molar-refractivity contribution >= 4 is 29.5 Å². The molecule has 0 aliphatic heterocycles. The molecule has 0 fully saturated rings. The number of aryl methyl sites for hydroxylation is 3. The van der Waals surface area contributed by atoms with Gasteiger partial charge in [0.2, 0.25) is 5.91 Å². The van der Waals surface area contributed by atoms with Crippen molar-refractivity contribution in [3.63, 3.8) is 0 Å². The van der Waals surface area contributed by atoms with Crippen molar-refractivity contribution in [3.05, 3.63) is 58.7 Å². The van der Waals surface area contributed by atoms with Crippen molar-refractivity contribution in [2.45, 2.75) is 20.8 Å². The third kappa shape index (κ3) is 7.16. The van der Waals surface area contributed by atoms with Gasteiger partial charge in [0.05, 0.1) is 20.8 Å². The molecule has 2 aromatic carbocycles. The molecular weight excluding hydrogens is 412 g/mol. The molecule has 32 heavy (non-hydrogen) atoms. The summed E-state index contributed by atoms with van der Waals surface area (Å²) >= 11 is 0. The van der Waals surface area contributed by atoms with Gasteiger partial charge in [-0.25, -0.2) is 4.79 Å². The minimum Gasteiger partial charge on any atom is -0.493 e. The number of esters is 1. The predicted octanol–water partition coefficient (Wildman–Crippen LogP) is 2.94. The summed E-state index contributed by atoms with van der Waals surface area (Å²) in [5.41, 5.74) is 4.48. The Hall–Kier alpha value is -3.81. The molecule has 8 nitrogen and oxygen atoms in total. The number of nitrogens with one attached hydrogen (secondary N) is 2. The molecule has 0 atom stereocenters. The van der Waals surface area contributed by atoms with Crippen LogP contribution < -0.4 is 20.1 Å². The van der Waals surface area contributed by atoms with Gasteiger partial charge in [0.15, 0.2) is 18.1 Å². The quantitative estimate of drug-likeness (QED) is 0.459. The van der Waals surface area contributed by atoms with Crippen molar-refractivity contribution in [1.29, 1.82) is 0 Å². The third-order valence-corrected chi connectivity index (χ3v) is 4.55. The van der Waals surface area contributed by atoms with E-state index in [0.29, 0.717) is 17.1 Å². The number of anilines is 1. The Morgan fingerprint density at radius 3 is 2.25 bits per heavy atom. The monoisotopic (exact) mass is 440 g/mol. The highest BCUT2D eigenvalue weighted by atomic mass is 16.5. The van der Waals surface area contributed by atoms with E-state index in [1.807, 2.05) is 32.9 Å². The number of hydrogen-bond donors (Lipinski definition) is 2. The van der Waals surface area contributed by atoms with Gasteiger partial charge >= 0.3 is 5.97 Å². The molecular formula is C24H28N2O6. The second-order valence-electron chi connectivity index (χ2n) is 7.15. The molecule has 0 bridgehead atoms. The predicted molar refractivity (Wildman–Crippen MR) is 122 cm³/mol. The van der Waals surface area contributed by atoms with Crippen molar-refractivity contribution < 1.29 is 28.6 Å². The van der Waals surface area contributed by atoms with Crippen LogP contribution in [0.3, 0.4) is 0 Å². The van der Waals surface area contributed by atoms with Crippen LogP contribution in [0.2, 0.25) is 0 Å². The SMILES string of the molecule is COC(=O)/C=C/c1ccc(OCC(=O)NCC(=O)Nc2c(C)cc(C)cc2C)c(OC)c1. The molecule has 0 heterocycles. The maximum absolute atomic E-state index is 12.2. The molecule has 2 rings (SSSR count). The number of amides is 2. The van der Waals surface area contributed by atoms with E-state index in [2.05, 4.69) is 15.4 Å². The van der Waals surface area contributed by atoms with Crippen LogP contribution in [0.5, 0.6) is 11.5 Å². The average Bonchev–Trinajstić information content (AvgIpc) is 2.77. The highest BCUT2D eigenvalue weighted by molar-refractivity contribution is 5.96. The Bertz CT molecular complexity index is 1010. The van der Waals surface area contributed by atoms with Gasteiger partial charge in [0.25, 0.3) is 5.91 Å². The molecule has 2 aromatic rings. The van der Waals surface area contributed by atoms with E-state index in [0.717, 1.165) is 22.4 Å². The van der Waals surface area contributed by atoms with Crippen LogP contribution in [0, 0.1) is 20.8 Å². The molecule has 0 saturated carbocycles. The summed E-state index contributed by atoms with van der Waals surface area (Å²) in [6, 6.07) is 8.96. The number of methoxy groups -OCH3 is 2. The zero-order chi connectivity index (χ0) is 23.7. The lowest BCUT2D eigenvalue weighted by Crippen LogP contribution is -2.36. The van der Waals surface area contributed by atoms with Crippen LogP contribution in [0.4, 0.5) is 5.69 Å². The Morgan fingerprint density at radius 2 is 1.62 bits per heavy atom. The lowest BCUT2D eigenvalue weighted by molar-refractivity contribution is -0.134. The van der Waals surface area contributed by atoms with Gasteiger partial charge in [0, 0.05) is 11.8 Å². The Kier molecular flexibility index (Phi) is 8.83. The van der Waals surface area contributed by atoms with E-state index in [1.54, 1.807) is 24.3 Å². The highest BCUT2D eigenvalue weighted by Crippen LogP contribution is 2.28. The summed E-state index contributed by atoms with van der Waals surface area (Å²) in [7, 11) is 2.76. The molecule has 8 heteroatoms. The number of carbonyl (C=O) groups is 3. The van der Waals surface area contributed by atoms with Gasteiger partial charge in [-0.1, -0.05) is 23.8 Å². The summed E-state index contributed by atoms with van der Waals surface area (Å²) in [6.07, 6.45) is 2.86. The Labute approximate surface area is 187 Å². The molecule has 0 saturated heterocycles. The van der Waals surface area contributed by atoms with Crippen LogP contribution in [0.25, 0.3) is 6.08 Å². The van der Waals surface area contributed by atoms with Crippen LogP contribution in [0.15, 0.2) is 36.4 Å². The van der Waals surface area contributed by atoms with Crippen LogP contribution in [0.1, 0.15) is 22.3 Å². The second-order valence-corrected chi connectivity index (χ2v) is 7.15. The first kappa shape index (κ1) is 24.5. The smallest absolute Gasteiger partial charge is 0.330 e. The summed E-state index contributed by atoms with van der Waals surface area (Å²) in [5, 5.41) is 5.36. The molecule has 0 aliphatic carbocycles. The van der Waals surface area contributed by atoms with E-state index < -0.39 is 11.9 Å². The molecule has 2 N–H and O–H groups in total. The van der Waals surface area contributed by atoms with E-state index >= 15 is 0 Å². The second kappa shape index (κ2) is 11.5. The largest absolute Gasteiger partial charge is 0.493 e. The topological polar surface area (TPSA) is 103 Å². The van der Waals surface area contributed by atoms with Gasteiger partial charge in [0.1, 0.15) is 0 Å². The molecule has 0 radical (unpaired) electrons. The number of hydrogen-bond acceptors (Lipinski definition) is 6. The van der Waals surface area contributed by atoms with Crippen molar-refractivity contribution in [3.8, 4) is 11.5 Å². The van der Waals surface area contributed by atoms with Crippen LogP contribution in [-0.4, -0.2) is 45.2 Å². The fraction of sp³-hybridized carbons (Fsp3) is 0.292. The minimum absolute atomic E-state index is 0.177. The average molecular weight is 440 g/mol. The van der Waals surface area contributed by atoms with E-state index in [4.69, 9.17) is 9.47 Å². The molecule has 0 unspecified atom stereocenters. The first-order valence-corrected chi connectivity index (χ1v) is 9.94. The molecule has 2 amide bonds. The number of carbonyl (C=O) groups excluding carboxylic acids is 3. The molecule has 0 spiro atoms. The Morgan fingerprint density at radius 1 is 0.938 bits per heavy atom. The number of rotatable bonds is 9. The fourth-order valence-corrected chi connectivity index (χ4v) is 3.07. The van der Waals surface area contributed by atoms with Gasteiger partial charge < -0.3 is 24.8 Å². The first-order valence-electron chi connectivity index (χ1n) is 9.94. The summed E-state index contributed by atoms with van der Waals surface area (Å²) < 4.78 is 15.3. The zero-order valence-electron chi connectivity index (χ0n) is 18.9. The van der Waals surface area contributed by atoms with Gasteiger partial charge in [-0.3, -0.25) is 9.59 Å². The van der Waals surface area contributed by atoms with Crippen LogP contribution in [-0.2, 0) is 19.1 Å². The van der Waals surface area contributed by atoms with Gasteiger partial charge in [-0.05, 0) is 55.7 Å². The van der Waals surface area contributed by atoms with E-state index in [1.165, 1.54) is 20.3 Å². The lowest BCUT2D eigenvalue weighted by Gasteiger charge is -2.14. The summed E-state index contributed by atoms with van der Waals surface area (Å²) in [4.78, 5) is 35.5. The fourth-order valence-electron chi connectivity index (χ4n) is 3.07.